The van der Waals surface area contributed by atoms with Crippen LogP contribution in [0.1, 0.15) is 31.0 Å². The van der Waals surface area contributed by atoms with Crippen molar-refractivity contribution in [3.8, 4) is 6.07 Å². The number of fused-ring (bicyclic) bond motifs is 1. The van der Waals surface area contributed by atoms with Crippen LogP contribution < -0.4 is 11.1 Å². The molecule has 0 bridgehead atoms. The summed E-state index contributed by atoms with van der Waals surface area (Å²) in [6.45, 7) is 3.76. The molecule has 2 atom stereocenters. The molecule has 0 amide bonds. The first-order valence-corrected chi connectivity index (χ1v) is 11.0. The summed E-state index contributed by atoms with van der Waals surface area (Å²) < 4.78 is 28.4. The second kappa shape index (κ2) is 8.26. The number of nitrogens with one attached hydrogen (secondary N) is 1. The van der Waals surface area contributed by atoms with Gasteiger partial charge in [0.1, 0.15) is 39.0 Å². The zero-order valence-electron chi connectivity index (χ0n) is 17.8. The monoisotopic (exact) mass is 451 g/mol. The molecule has 164 valence electrons. The van der Waals surface area contributed by atoms with E-state index in [0.29, 0.717) is 28.1 Å². The van der Waals surface area contributed by atoms with Crippen molar-refractivity contribution in [3.05, 3.63) is 59.7 Å². The molecule has 10 heteroatoms. The molecule has 3 aromatic rings. The number of halogens is 1. The van der Waals surface area contributed by atoms with Crippen molar-refractivity contribution in [2.75, 3.05) is 18.9 Å². The molecule has 1 aliphatic rings. The quantitative estimate of drug-likeness (QED) is 0.631. The van der Waals surface area contributed by atoms with Crippen molar-refractivity contribution in [1.82, 2.24) is 14.3 Å². The fourth-order valence-corrected chi connectivity index (χ4v) is 4.84. The number of benzene rings is 1. The molecule has 0 radical (unpaired) electrons. The number of aromatic nitrogens is 2. The summed E-state index contributed by atoms with van der Waals surface area (Å²) in [7, 11) is 0.308. The molecule has 1 aromatic carbocycles. The van der Waals surface area contributed by atoms with E-state index >= 15 is 0 Å². The van der Waals surface area contributed by atoms with Crippen LogP contribution in [0.3, 0.4) is 0 Å². The van der Waals surface area contributed by atoms with Gasteiger partial charge in [0, 0.05) is 35.6 Å². The van der Waals surface area contributed by atoms with E-state index in [1.165, 1.54) is 12.3 Å². The molecule has 4 rings (SSSR count). The average Bonchev–Trinajstić information content (AvgIpc) is 2.85. The summed E-state index contributed by atoms with van der Waals surface area (Å²) in [5.41, 5.74) is 8.11. The van der Waals surface area contributed by atoms with Gasteiger partial charge in [0.2, 0.25) is 0 Å². The lowest BCUT2D eigenvalue weighted by atomic mass is 10.0. The van der Waals surface area contributed by atoms with Crippen molar-refractivity contribution in [2.24, 2.45) is 10.7 Å². The number of rotatable bonds is 3. The van der Waals surface area contributed by atoms with Gasteiger partial charge in [-0.15, -0.1) is 0 Å². The van der Waals surface area contributed by atoms with E-state index in [4.69, 9.17) is 11.0 Å². The van der Waals surface area contributed by atoms with E-state index in [2.05, 4.69) is 26.3 Å². The largest absolute Gasteiger partial charge is 0.386 e. The third kappa shape index (κ3) is 3.92. The third-order valence-electron chi connectivity index (χ3n) is 5.41. The van der Waals surface area contributed by atoms with Gasteiger partial charge in [-0.25, -0.2) is 17.9 Å². The van der Waals surface area contributed by atoms with Crippen LogP contribution in [0.5, 0.6) is 0 Å². The number of aliphatic imine (C=N–C) groups is 1. The van der Waals surface area contributed by atoms with Gasteiger partial charge < -0.3 is 11.1 Å². The molecule has 1 aliphatic heterocycles. The number of nitrogens with two attached hydrogens (primary N) is 1. The lowest BCUT2D eigenvalue weighted by Gasteiger charge is -2.25. The number of likely N-dealkylation sites (N-methyl/N-ethyl adjacent to an activating group) is 1. The van der Waals surface area contributed by atoms with Crippen LogP contribution in [0.2, 0.25) is 0 Å². The standard InChI is InChI=1S/C22H22FN7OS/c1-22(2)21(25)29-18(12-30(3)32(22)31)16-9-15(4-5-17(16)23)28-20-19-14(6-7-26-20)8-13(10-24)11-27-19/h4-9,11,18H,12H2,1-3H3,(H2,25,29)(H,26,28). The Morgan fingerprint density at radius 1 is 1.31 bits per heavy atom. The molecular weight excluding hydrogens is 429 g/mol. The Morgan fingerprint density at radius 3 is 2.84 bits per heavy atom. The molecule has 0 spiro atoms. The minimum atomic E-state index is -1.40. The summed E-state index contributed by atoms with van der Waals surface area (Å²) in [6.07, 6.45) is 3.09. The highest BCUT2D eigenvalue weighted by atomic mass is 32.2. The molecule has 2 aromatic heterocycles. The Kier molecular flexibility index (Phi) is 5.62. The highest BCUT2D eigenvalue weighted by Crippen LogP contribution is 2.32. The van der Waals surface area contributed by atoms with Gasteiger partial charge in [-0.3, -0.25) is 9.98 Å². The fraction of sp³-hybridized carbons (Fsp3) is 0.273. The van der Waals surface area contributed by atoms with E-state index in [9.17, 15) is 8.60 Å². The molecular formula is C22H22FN7OS. The van der Waals surface area contributed by atoms with Gasteiger partial charge >= 0.3 is 0 Å². The summed E-state index contributed by atoms with van der Waals surface area (Å²) >= 11 is 0. The maximum absolute atomic E-state index is 14.8. The highest BCUT2D eigenvalue weighted by Gasteiger charge is 2.38. The van der Waals surface area contributed by atoms with Crippen molar-refractivity contribution in [3.63, 3.8) is 0 Å². The van der Waals surface area contributed by atoms with Crippen LogP contribution >= 0.6 is 0 Å². The number of anilines is 2. The van der Waals surface area contributed by atoms with Crippen LogP contribution in [0, 0.1) is 17.1 Å². The van der Waals surface area contributed by atoms with Crippen molar-refractivity contribution in [1.29, 1.82) is 5.26 Å². The number of nitriles is 1. The van der Waals surface area contributed by atoms with Crippen LogP contribution in [0.4, 0.5) is 15.9 Å². The summed E-state index contributed by atoms with van der Waals surface area (Å²) in [5.74, 6) is 0.266. The van der Waals surface area contributed by atoms with Crippen LogP contribution in [-0.4, -0.2) is 42.7 Å². The zero-order chi connectivity index (χ0) is 23.0. The minimum absolute atomic E-state index is 0.219. The van der Waals surface area contributed by atoms with Gasteiger partial charge in [-0.05, 0) is 51.2 Å². The molecule has 0 saturated heterocycles. The zero-order valence-corrected chi connectivity index (χ0v) is 18.7. The number of amidine groups is 1. The number of hydrogen-bond acceptors (Lipinski definition) is 7. The first-order chi connectivity index (χ1) is 15.2. The first-order valence-electron chi connectivity index (χ1n) is 9.89. The smallest absolute Gasteiger partial charge is 0.156 e. The predicted octanol–water partition coefficient (Wildman–Crippen LogP) is 3.17. The predicted molar refractivity (Wildman–Crippen MR) is 123 cm³/mol. The van der Waals surface area contributed by atoms with Crippen molar-refractivity contribution >= 4 is 39.2 Å². The van der Waals surface area contributed by atoms with Gasteiger partial charge in [0.15, 0.2) is 5.82 Å². The minimum Gasteiger partial charge on any atom is -0.386 e. The lowest BCUT2D eigenvalue weighted by molar-refractivity contribution is 0.467. The van der Waals surface area contributed by atoms with E-state index in [1.54, 1.807) is 55.7 Å². The summed E-state index contributed by atoms with van der Waals surface area (Å²) in [6, 6.07) is 9.54. The van der Waals surface area contributed by atoms with Crippen LogP contribution in [0.15, 0.2) is 47.7 Å². The van der Waals surface area contributed by atoms with Gasteiger partial charge in [-0.1, -0.05) is 0 Å². The lowest BCUT2D eigenvalue weighted by Crippen LogP contribution is -2.45. The van der Waals surface area contributed by atoms with E-state index in [-0.39, 0.29) is 12.4 Å². The molecule has 3 heterocycles. The first kappa shape index (κ1) is 21.8. The van der Waals surface area contributed by atoms with E-state index < -0.39 is 27.6 Å². The average molecular weight is 452 g/mol. The number of hydrogen-bond donors (Lipinski definition) is 2. The Bertz CT molecular complexity index is 1300. The van der Waals surface area contributed by atoms with Crippen molar-refractivity contribution in [2.45, 2.75) is 24.6 Å². The third-order valence-corrected chi connectivity index (χ3v) is 7.20. The second-order valence-corrected chi connectivity index (χ2v) is 10.2. The SMILES string of the molecule is CN1CC(c2cc(Nc3nccc4cc(C#N)cnc34)ccc2F)N=C(N)C(C)(C)S1=O. The molecule has 0 aliphatic carbocycles. The topological polar surface area (TPSA) is 120 Å². The normalized spacial score (nSPS) is 20.9. The molecule has 3 N–H and O–H groups in total. The summed E-state index contributed by atoms with van der Waals surface area (Å²) in [5, 5.41) is 13.0. The number of nitrogens with zero attached hydrogens (tertiary/aromatic N) is 5. The second-order valence-electron chi connectivity index (χ2n) is 8.03. The van der Waals surface area contributed by atoms with Gasteiger partial charge in [-0.2, -0.15) is 5.26 Å². The molecule has 32 heavy (non-hydrogen) atoms. The summed E-state index contributed by atoms with van der Waals surface area (Å²) in [4.78, 5) is 13.2. The van der Waals surface area contributed by atoms with E-state index in [1.807, 2.05) is 0 Å². The fourth-order valence-electron chi connectivity index (χ4n) is 3.55. The van der Waals surface area contributed by atoms with E-state index in [0.717, 1.165) is 5.39 Å². The van der Waals surface area contributed by atoms with Crippen LogP contribution in [0.25, 0.3) is 10.9 Å². The maximum Gasteiger partial charge on any atom is 0.156 e. The Labute approximate surface area is 187 Å². The highest BCUT2D eigenvalue weighted by molar-refractivity contribution is 7.85. The number of pyridine rings is 2. The van der Waals surface area contributed by atoms with Gasteiger partial charge in [0.05, 0.1) is 11.6 Å². The molecule has 2 unspecified atom stereocenters. The van der Waals surface area contributed by atoms with Gasteiger partial charge in [0.25, 0.3) is 0 Å². The Hall–Kier alpha value is -3.42. The molecule has 0 fully saturated rings. The Morgan fingerprint density at radius 2 is 2.09 bits per heavy atom. The van der Waals surface area contributed by atoms with Crippen LogP contribution in [-0.2, 0) is 11.0 Å². The Balaban J connectivity index is 1.72. The maximum atomic E-state index is 14.8. The molecule has 0 saturated carbocycles. The van der Waals surface area contributed by atoms with Crippen molar-refractivity contribution < 1.29 is 8.60 Å². The molecule has 8 nitrogen and oxygen atoms in total.